The molecule has 0 bridgehead atoms. The highest BCUT2D eigenvalue weighted by Gasteiger charge is 2.05. The largest absolute Gasteiger partial charge is 0.478 e. The van der Waals surface area contributed by atoms with E-state index in [1.54, 1.807) is 12.1 Å². The van der Waals surface area contributed by atoms with E-state index in [4.69, 9.17) is 5.11 Å². The van der Waals surface area contributed by atoms with Crippen LogP contribution in [0.3, 0.4) is 0 Å². The molecule has 9 nitrogen and oxygen atoms in total. The van der Waals surface area contributed by atoms with Crippen LogP contribution in [0.15, 0.2) is 40.4 Å². The maximum absolute atomic E-state index is 11.4. The number of nitrogens with zero attached hydrogens (tertiary/aromatic N) is 3. The number of aromatic nitrogens is 4. The molecule has 0 saturated carbocycles. The average Bonchev–Trinajstić information content (AvgIpc) is 2.96. The van der Waals surface area contributed by atoms with E-state index >= 15 is 0 Å². The maximum Gasteiger partial charge on any atom is 0.348 e. The van der Waals surface area contributed by atoms with E-state index in [0.29, 0.717) is 22.4 Å². The fourth-order valence-electron chi connectivity index (χ4n) is 1.82. The molecule has 22 heavy (non-hydrogen) atoms. The summed E-state index contributed by atoms with van der Waals surface area (Å²) in [6.07, 6.45) is 3.01. The van der Waals surface area contributed by atoms with E-state index in [1.165, 1.54) is 24.5 Å². The number of hydrogen-bond donors (Lipinski definition) is 4. The first-order valence-corrected chi connectivity index (χ1v) is 6.19. The molecule has 3 aromatic rings. The summed E-state index contributed by atoms with van der Waals surface area (Å²) < 4.78 is 0. The summed E-state index contributed by atoms with van der Waals surface area (Å²) in [4.78, 5) is 28.4. The number of rotatable bonds is 4. The Morgan fingerprint density at radius 1 is 1.32 bits per heavy atom. The molecule has 0 saturated heterocycles. The molecule has 3 rings (SSSR count). The zero-order valence-electron chi connectivity index (χ0n) is 11.1. The summed E-state index contributed by atoms with van der Waals surface area (Å²) in [5.41, 5.74) is 3.43. The molecule has 4 N–H and O–H groups in total. The number of carboxylic acid groups (broad SMARTS) is 1. The van der Waals surface area contributed by atoms with Crippen molar-refractivity contribution in [1.29, 1.82) is 0 Å². The van der Waals surface area contributed by atoms with Crippen LogP contribution in [0, 0.1) is 0 Å². The number of hydrogen-bond acceptors (Lipinski definition) is 6. The van der Waals surface area contributed by atoms with Crippen LogP contribution in [0.5, 0.6) is 0 Å². The Labute approximate surface area is 122 Å². The van der Waals surface area contributed by atoms with Gasteiger partial charge >= 0.3 is 11.7 Å². The van der Waals surface area contributed by atoms with Gasteiger partial charge in [0.1, 0.15) is 5.82 Å². The lowest BCUT2D eigenvalue weighted by Gasteiger charge is -2.00. The number of hydrazone groups is 1. The molecule has 1 aromatic carbocycles. The molecule has 9 heteroatoms. The molecular weight excluding hydrogens is 288 g/mol. The second-order valence-corrected chi connectivity index (χ2v) is 4.35. The fraction of sp³-hybridized carbons (Fsp3) is 0. The number of carbonyl (C=O) groups is 1. The Morgan fingerprint density at radius 3 is 2.82 bits per heavy atom. The summed E-state index contributed by atoms with van der Waals surface area (Å²) in [6, 6.07) is 6.20. The van der Waals surface area contributed by atoms with E-state index in [9.17, 15) is 9.59 Å². The summed E-state index contributed by atoms with van der Waals surface area (Å²) in [5, 5.41) is 19.8. The molecule has 0 atom stereocenters. The van der Waals surface area contributed by atoms with E-state index in [1.807, 2.05) is 0 Å². The number of H-pyrrole nitrogens is 2. The summed E-state index contributed by atoms with van der Waals surface area (Å²) in [5.74, 6) is -0.625. The van der Waals surface area contributed by atoms with Crippen LogP contribution in [-0.4, -0.2) is 37.5 Å². The van der Waals surface area contributed by atoms with Crippen molar-refractivity contribution in [2.45, 2.75) is 0 Å². The number of benzene rings is 1. The fourth-order valence-corrected chi connectivity index (χ4v) is 1.82. The van der Waals surface area contributed by atoms with Gasteiger partial charge in [0, 0.05) is 0 Å². The third-order valence-corrected chi connectivity index (χ3v) is 2.88. The zero-order valence-corrected chi connectivity index (χ0v) is 11.1. The highest BCUT2D eigenvalue weighted by atomic mass is 16.4. The van der Waals surface area contributed by atoms with Gasteiger partial charge in [0.15, 0.2) is 5.65 Å². The summed E-state index contributed by atoms with van der Waals surface area (Å²) in [6.45, 7) is 0. The molecule has 0 aliphatic heterocycles. The van der Waals surface area contributed by atoms with E-state index < -0.39 is 11.7 Å². The van der Waals surface area contributed by atoms with Gasteiger partial charge in [0.2, 0.25) is 0 Å². The molecule has 0 spiro atoms. The molecule has 2 aromatic heterocycles. The number of fused-ring (bicyclic) bond motifs is 1. The SMILES string of the molecule is O=C(O)c1ccc(C=NNc2[nH]c(=O)nc3[nH]ncc23)cc1. The van der Waals surface area contributed by atoms with Crippen molar-refractivity contribution in [3.05, 3.63) is 52.1 Å². The van der Waals surface area contributed by atoms with Gasteiger partial charge in [-0.2, -0.15) is 15.2 Å². The van der Waals surface area contributed by atoms with Gasteiger partial charge in [0.25, 0.3) is 0 Å². The van der Waals surface area contributed by atoms with Crippen molar-refractivity contribution in [1.82, 2.24) is 20.2 Å². The van der Waals surface area contributed by atoms with Crippen LogP contribution < -0.4 is 11.1 Å². The van der Waals surface area contributed by atoms with Gasteiger partial charge in [0.05, 0.1) is 23.4 Å². The predicted octanol–water partition coefficient (Wildman–Crippen LogP) is 0.790. The lowest BCUT2D eigenvalue weighted by Crippen LogP contribution is -2.12. The minimum absolute atomic E-state index is 0.198. The minimum Gasteiger partial charge on any atom is -0.478 e. The van der Waals surface area contributed by atoms with Crippen molar-refractivity contribution in [3.63, 3.8) is 0 Å². The Hall–Kier alpha value is -3.49. The monoisotopic (exact) mass is 298 g/mol. The first kappa shape index (κ1) is 13.5. The third-order valence-electron chi connectivity index (χ3n) is 2.88. The second-order valence-electron chi connectivity index (χ2n) is 4.35. The van der Waals surface area contributed by atoms with Gasteiger partial charge in [-0.05, 0) is 17.7 Å². The summed E-state index contributed by atoms with van der Waals surface area (Å²) >= 11 is 0. The zero-order chi connectivity index (χ0) is 15.5. The van der Waals surface area contributed by atoms with Crippen LogP contribution in [0.25, 0.3) is 11.0 Å². The van der Waals surface area contributed by atoms with Crippen molar-refractivity contribution >= 4 is 29.0 Å². The van der Waals surface area contributed by atoms with Crippen LogP contribution in [-0.2, 0) is 0 Å². The quantitative estimate of drug-likeness (QED) is 0.415. The number of anilines is 1. The normalized spacial score (nSPS) is 11.1. The molecule has 2 heterocycles. The molecule has 0 amide bonds. The Kier molecular flexibility index (Phi) is 3.36. The Bertz CT molecular complexity index is 909. The number of carboxylic acids is 1. The first-order valence-electron chi connectivity index (χ1n) is 6.19. The highest BCUT2D eigenvalue weighted by Crippen LogP contribution is 2.14. The molecule has 0 aliphatic carbocycles. The second kappa shape index (κ2) is 5.48. The minimum atomic E-state index is -0.988. The van der Waals surface area contributed by atoms with E-state index in [2.05, 4.69) is 30.7 Å². The topological polar surface area (TPSA) is 136 Å². The van der Waals surface area contributed by atoms with Crippen molar-refractivity contribution in [2.24, 2.45) is 5.10 Å². The molecule has 110 valence electrons. The Balaban J connectivity index is 1.80. The van der Waals surface area contributed by atoms with E-state index in [0.717, 1.165) is 0 Å². The average molecular weight is 298 g/mol. The molecule has 0 unspecified atom stereocenters. The summed E-state index contributed by atoms with van der Waals surface area (Å²) in [7, 11) is 0. The van der Waals surface area contributed by atoms with Gasteiger partial charge in [-0.25, -0.2) is 9.59 Å². The maximum atomic E-state index is 11.4. The lowest BCUT2D eigenvalue weighted by molar-refractivity contribution is 0.0697. The van der Waals surface area contributed by atoms with Crippen LogP contribution >= 0.6 is 0 Å². The smallest absolute Gasteiger partial charge is 0.348 e. The molecule has 0 aliphatic rings. The van der Waals surface area contributed by atoms with Gasteiger partial charge in [-0.15, -0.1) is 0 Å². The lowest BCUT2D eigenvalue weighted by atomic mass is 10.1. The van der Waals surface area contributed by atoms with Gasteiger partial charge in [-0.1, -0.05) is 12.1 Å². The number of aromatic carboxylic acids is 1. The first-order chi connectivity index (χ1) is 10.6. The highest BCUT2D eigenvalue weighted by molar-refractivity contribution is 5.90. The molecule has 0 radical (unpaired) electrons. The van der Waals surface area contributed by atoms with Crippen molar-refractivity contribution in [2.75, 3.05) is 5.43 Å². The van der Waals surface area contributed by atoms with Gasteiger partial charge in [-0.3, -0.25) is 15.5 Å². The third kappa shape index (κ3) is 2.68. The predicted molar refractivity (Wildman–Crippen MR) is 79.1 cm³/mol. The number of nitrogens with one attached hydrogen (secondary N) is 3. The van der Waals surface area contributed by atoms with Gasteiger partial charge < -0.3 is 5.11 Å². The van der Waals surface area contributed by atoms with E-state index in [-0.39, 0.29) is 5.56 Å². The molecule has 0 fully saturated rings. The number of aromatic amines is 2. The van der Waals surface area contributed by atoms with Crippen LogP contribution in [0.4, 0.5) is 5.82 Å². The van der Waals surface area contributed by atoms with Crippen LogP contribution in [0.1, 0.15) is 15.9 Å². The Morgan fingerprint density at radius 2 is 2.09 bits per heavy atom. The molecular formula is C13H10N6O3. The van der Waals surface area contributed by atoms with Crippen molar-refractivity contribution < 1.29 is 9.90 Å². The van der Waals surface area contributed by atoms with Crippen LogP contribution in [0.2, 0.25) is 0 Å². The standard InChI is InChI=1S/C13H10N6O3/c20-12(21)8-3-1-7(2-4-8)5-14-18-10-9-6-15-19-11(9)17-13(22)16-10/h1-6H,(H,20,21)(H3,15,16,17,18,19,22). The van der Waals surface area contributed by atoms with Crippen molar-refractivity contribution in [3.8, 4) is 0 Å².